The van der Waals surface area contributed by atoms with Crippen molar-refractivity contribution < 1.29 is 9.53 Å². The van der Waals surface area contributed by atoms with Crippen molar-refractivity contribution in [2.45, 2.75) is 32.4 Å². The predicted octanol–water partition coefficient (Wildman–Crippen LogP) is 2.71. The number of hydrogen-bond acceptors (Lipinski definition) is 4. The SMILES string of the molecule is Cc1ccc(C(NC(=O)C(C)(C)N2CCOCC2)c2ccncc2)cc1. The lowest BCUT2D eigenvalue weighted by Crippen LogP contribution is -2.58. The van der Waals surface area contributed by atoms with E-state index in [4.69, 9.17) is 4.74 Å². The maximum Gasteiger partial charge on any atom is 0.240 e. The van der Waals surface area contributed by atoms with Gasteiger partial charge in [0.2, 0.25) is 5.91 Å². The van der Waals surface area contributed by atoms with Crippen molar-refractivity contribution in [1.82, 2.24) is 15.2 Å². The normalized spacial score (nSPS) is 16.9. The highest BCUT2D eigenvalue weighted by Crippen LogP contribution is 2.24. The number of pyridine rings is 1. The van der Waals surface area contributed by atoms with E-state index in [0.717, 1.165) is 24.2 Å². The second-order valence-corrected chi connectivity index (χ2v) is 7.26. The first kappa shape index (κ1) is 18.5. The van der Waals surface area contributed by atoms with Gasteiger partial charge in [0.15, 0.2) is 0 Å². The summed E-state index contributed by atoms with van der Waals surface area (Å²) in [5.41, 5.74) is 2.69. The van der Waals surface area contributed by atoms with Crippen molar-refractivity contribution in [2.24, 2.45) is 0 Å². The Balaban J connectivity index is 1.85. The number of aromatic nitrogens is 1. The molecule has 1 aliphatic rings. The first-order valence-corrected chi connectivity index (χ1v) is 9.09. The van der Waals surface area contributed by atoms with Gasteiger partial charge >= 0.3 is 0 Å². The number of amides is 1. The summed E-state index contributed by atoms with van der Waals surface area (Å²) in [6.45, 7) is 8.89. The van der Waals surface area contributed by atoms with Crippen molar-refractivity contribution in [3.8, 4) is 0 Å². The molecule has 0 radical (unpaired) electrons. The smallest absolute Gasteiger partial charge is 0.240 e. The molecule has 3 rings (SSSR count). The van der Waals surface area contributed by atoms with Crippen LogP contribution in [0.25, 0.3) is 0 Å². The first-order valence-electron chi connectivity index (χ1n) is 9.09. The van der Waals surface area contributed by atoms with E-state index in [1.54, 1.807) is 12.4 Å². The van der Waals surface area contributed by atoms with E-state index in [-0.39, 0.29) is 11.9 Å². The number of hydrogen-bond donors (Lipinski definition) is 1. The van der Waals surface area contributed by atoms with Gasteiger partial charge in [-0.15, -0.1) is 0 Å². The van der Waals surface area contributed by atoms with Gasteiger partial charge in [-0.05, 0) is 44.0 Å². The molecular weight excluding hydrogens is 326 g/mol. The molecule has 1 atom stereocenters. The Kier molecular flexibility index (Phi) is 5.69. The Labute approximate surface area is 155 Å². The molecule has 26 heavy (non-hydrogen) atoms. The van der Waals surface area contributed by atoms with Crippen LogP contribution in [-0.4, -0.2) is 47.6 Å². The monoisotopic (exact) mass is 353 g/mol. The Morgan fingerprint density at radius 2 is 1.65 bits per heavy atom. The molecule has 138 valence electrons. The van der Waals surface area contributed by atoms with E-state index in [9.17, 15) is 4.79 Å². The second-order valence-electron chi connectivity index (χ2n) is 7.26. The van der Waals surface area contributed by atoms with Crippen molar-refractivity contribution in [3.05, 3.63) is 65.5 Å². The largest absolute Gasteiger partial charge is 0.379 e. The summed E-state index contributed by atoms with van der Waals surface area (Å²) in [7, 11) is 0. The molecule has 1 N–H and O–H groups in total. The lowest BCUT2D eigenvalue weighted by Gasteiger charge is -2.40. The van der Waals surface area contributed by atoms with Crippen molar-refractivity contribution in [2.75, 3.05) is 26.3 Å². The van der Waals surface area contributed by atoms with Crippen LogP contribution in [0, 0.1) is 6.92 Å². The highest BCUT2D eigenvalue weighted by molar-refractivity contribution is 5.86. The summed E-state index contributed by atoms with van der Waals surface area (Å²) in [6.07, 6.45) is 3.52. The van der Waals surface area contributed by atoms with Gasteiger partial charge in [-0.1, -0.05) is 29.8 Å². The Hall–Kier alpha value is -2.24. The number of aryl methyl sites for hydroxylation is 1. The standard InChI is InChI=1S/C21H27N3O2/c1-16-4-6-17(7-5-16)19(18-8-10-22-11-9-18)23-20(25)21(2,3)24-12-14-26-15-13-24/h4-11,19H,12-15H2,1-3H3,(H,23,25). The van der Waals surface area contributed by atoms with Crippen LogP contribution in [0.5, 0.6) is 0 Å². The lowest BCUT2D eigenvalue weighted by atomic mass is 9.95. The fourth-order valence-electron chi connectivity index (χ4n) is 3.25. The molecule has 2 aromatic rings. The lowest BCUT2D eigenvalue weighted by molar-refractivity contribution is -0.135. The van der Waals surface area contributed by atoms with Crippen LogP contribution in [-0.2, 0) is 9.53 Å². The number of nitrogens with one attached hydrogen (secondary N) is 1. The summed E-state index contributed by atoms with van der Waals surface area (Å²) in [5.74, 6) is 0.0155. The molecule has 1 unspecified atom stereocenters. The average Bonchev–Trinajstić information content (AvgIpc) is 2.68. The maximum atomic E-state index is 13.2. The topological polar surface area (TPSA) is 54.5 Å². The van der Waals surface area contributed by atoms with Gasteiger partial charge in [0, 0.05) is 25.5 Å². The minimum Gasteiger partial charge on any atom is -0.379 e. The van der Waals surface area contributed by atoms with Crippen LogP contribution in [0.4, 0.5) is 0 Å². The molecule has 0 bridgehead atoms. The third kappa shape index (κ3) is 4.11. The molecule has 5 heteroatoms. The molecule has 5 nitrogen and oxygen atoms in total. The van der Waals surface area contributed by atoms with Gasteiger partial charge in [-0.3, -0.25) is 14.7 Å². The zero-order valence-electron chi connectivity index (χ0n) is 15.7. The van der Waals surface area contributed by atoms with Crippen molar-refractivity contribution in [3.63, 3.8) is 0 Å². The number of nitrogens with zero attached hydrogens (tertiary/aromatic N) is 2. The predicted molar refractivity (Wildman–Crippen MR) is 102 cm³/mol. The Morgan fingerprint density at radius 1 is 1.08 bits per heavy atom. The molecule has 1 fully saturated rings. The molecule has 1 aromatic heterocycles. The van der Waals surface area contributed by atoms with Gasteiger partial charge in [0.25, 0.3) is 0 Å². The van der Waals surface area contributed by atoms with Crippen LogP contribution < -0.4 is 5.32 Å². The number of morpholine rings is 1. The number of rotatable bonds is 5. The number of carbonyl (C=O) groups is 1. The summed E-state index contributed by atoms with van der Waals surface area (Å²) in [6, 6.07) is 12.0. The third-order valence-electron chi connectivity index (χ3n) is 5.08. The fourth-order valence-corrected chi connectivity index (χ4v) is 3.25. The number of carbonyl (C=O) groups excluding carboxylic acids is 1. The van der Waals surface area contributed by atoms with E-state index >= 15 is 0 Å². The zero-order valence-corrected chi connectivity index (χ0v) is 15.7. The highest BCUT2D eigenvalue weighted by Gasteiger charge is 2.36. The maximum absolute atomic E-state index is 13.2. The van der Waals surface area contributed by atoms with Crippen LogP contribution in [0.3, 0.4) is 0 Å². The van der Waals surface area contributed by atoms with Gasteiger partial charge in [-0.2, -0.15) is 0 Å². The number of ether oxygens (including phenoxy) is 1. The van der Waals surface area contributed by atoms with Gasteiger partial charge in [-0.25, -0.2) is 0 Å². The molecule has 0 aliphatic carbocycles. The summed E-state index contributed by atoms with van der Waals surface area (Å²) in [4.78, 5) is 19.5. The Morgan fingerprint density at radius 3 is 2.27 bits per heavy atom. The summed E-state index contributed by atoms with van der Waals surface area (Å²) < 4.78 is 5.43. The molecule has 0 saturated carbocycles. The van der Waals surface area contributed by atoms with E-state index < -0.39 is 5.54 Å². The third-order valence-corrected chi connectivity index (χ3v) is 5.08. The Bertz CT molecular complexity index is 723. The van der Waals surface area contributed by atoms with Crippen LogP contribution in [0.1, 0.15) is 36.6 Å². The summed E-state index contributed by atoms with van der Waals surface area (Å²) in [5, 5.41) is 3.26. The van der Waals surface area contributed by atoms with Crippen molar-refractivity contribution in [1.29, 1.82) is 0 Å². The highest BCUT2D eigenvalue weighted by atomic mass is 16.5. The van der Waals surface area contributed by atoms with Crippen LogP contribution >= 0.6 is 0 Å². The minimum absolute atomic E-state index is 0.0155. The van der Waals surface area contributed by atoms with Gasteiger partial charge in [0.05, 0.1) is 24.8 Å². The number of benzene rings is 1. The average molecular weight is 353 g/mol. The van der Waals surface area contributed by atoms with Crippen molar-refractivity contribution >= 4 is 5.91 Å². The van der Waals surface area contributed by atoms with Gasteiger partial charge < -0.3 is 10.1 Å². The molecule has 0 spiro atoms. The van der Waals surface area contributed by atoms with Crippen LogP contribution in [0.2, 0.25) is 0 Å². The minimum atomic E-state index is -0.597. The molecule has 2 heterocycles. The van der Waals surface area contributed by atoms with E-state index in [0.29, 0.717) is 13.2 Å². The van der Waals surface area contributed by atoms with E-state index in [2.05, 4.69) is 46.4 Å². The quantitative estimate of drug-likeness (QED) is 0.898. The fraction of sp³-hybridized carbons (Fsp3) is 0.429. The molecule has 1 aromatic carbocycles. The molecule has 1 aliphatic heterocycles. The van der Waals surface area contributed by atoms with Gasteiger partial charge in [0.1, 0.15) is 0 Å². The second kappa shape index (κ2) is 7.98. The summed E-state index contributed by atoms with van der Waals surface area (Å²) >= 11 is 0. The van der Waals surface area contributed by atoms with Crippen LogP contribution in [0.15, 0.2) is 48.8 Å². The molecule has 1 saturated heterocycles. The zero-order chi connectivity index (χ0) is 18.6. The molecular formula is C21H27N3O2. The first-order chi connectivity index (χ1) is 12.5. The van der Waals surface area contributed by atoms with E-state index in [1.807, 2.05) is 26.0 Å². The molecule has 1 amide bonds. The van der Waals surface area contributed by atoms with E-state index in [1.165, 1.54) is 5.56 Å².